The van der Waals surface area contributed by atoms with Gasteiger partial charge in [0, 0.05) is 12.8 Å². The molecule has 13 heteroatoms. The van der Waals surface area contributed by atoms with Gasteiger partial charge in [-0.3, -0.25) is 14.1 Å². The lowest BCUT2D eigenvalue weighted by Gasteiger charge is -2.40. The third-order valence-corrected chi connectivity index (χ3v) is 14.8. The molecule has 1 aliphatic heterocycles. The minimum absolute atomic E-state index is 0.167. The molecule has 0 bridgehead atoms. The molecule has 0 saturated carbocycles. The van der Waals surface area contributed by atoms with Crippen LogP contribution in [0, 0.1) is 0 Å². The highest BCUT2D eigenvalue weighted by Crippen LogP contribution is 2.24. The summed E-state index contributed by atoms with van der Waals surface area (Å²) in [5.41, 5.74) is 0. The second kappa shape index (κ2) is 48.1. The lowest BCUT2D eigenvalue weighted by molar-refractivity contribution is -0.297. The maximum atomic E-state index is 12.9. The van der Waals surface area contributed by atoms with E-state index in [2.05, 4.69) is 26.0 Å². The predicted octanol–water partition coefficient (Wildman–Crippen LogP) is 14.5. The number of carbonyl (C=O) groups is 2. The normalized spacial score (nSPS) is 18.9. The average Bonchev–Trinajstić information content (AvgIpc) is 3.34. The van der Waals surface area contributed by atoms with E-state index in [0.717, 1.165) is 38.5 Å². The van der Waals surface area contributed by atoms with E-state index in [1.807, 2.05) is 0 Å². The van der Waals surface area contributed by atoms with Gasteiger partial charge in [-0.05, 0) is 38.5 Å². The molecule has 0 radical (unpaired) electrons. The molecule has 0 spiro atoms. The zero-order valence-electron chi connectivity index (χ0n) is 45.6. The van der Waals surface area contributed by atoms with Gasteiger partial charge in [-0.1, -0.05) is 251 Å². The highest BCUT2D eigenvalue weighted by molar-refractivity contribution is 7.85. The molecule has 71 heavy (non-hydrogen) atoms. The van der Waals surface area contributed by atoms with Crippen LogP contribution in [0.3, 0.4) is 0 Å². The van der Waals surface area contributed by atoms with E-state index in [1.165, 1.54) is 212 Å². The van der Waals surface area contributed by atoms with Crippen LogP contribution in [0.4, 0.5) is 0 Å². The summed E-state index contributed by atoms with van der Waals surface area (Å²) in [5.74, 6) is -1.96. The van der Waals surface area contributed by atoms with E-state index in [9.17, 15) is 37.9 Å². The Morgan fingerprint density at radius 2 is 0.803 bits per heavy atom. The van der Waals surface area contributed by atoms with Gasteiger partial charge >= 0.3 is 11.9 Å². The van der Waals surface area contributed by atoms with E-state index in [0.29, 0.717) is 12.8 Å². The van der Waals surface area contributed by atoms with Crippen LogP contribution in [0.1, 0.15) is 290 Å². The van der Waals surface area contributed by atoms with E-state index >= 15 is 0 Å². The molecule has 1 heterocycles. The molecular weight excluding hydrogens is 921 g/mol. The number of hydrogen-bond donors (Lipinski definition) is 4. The van der Waals surface area contributed by atoms with Crippen LogP contribution in [0.2, 0.25) is 0 Å². The van der Waals surface area contributed by atoms with Gasteiger partial charge in [0.1, 0.15) is 36.8 Å². The Bertz CT molecular complexity index is 1340. The fourth-order valence-corrected chi connectivity index (χ4v) is 10.2. The van der Waals surface area contributed by atoms with Crippen LogP contribution >= 0.6 is 0 Å². The van der Waals surface area contributed by atoms with Crippen molar-refractivity contribution in [2.75, 3.05) is 19.0 Å². The zero-order chi connectivity index (χ0) is 51.9. The Hall–Kier alpha value is -1.61. The van der Waals surface area contributed by atoms with Gasteiger partial charge < -0.3 is 34.3 Å². The maximum Gasteiger partial charge on any atom is 0.306 e. The van der Waals surface area contributed by atoms with E-state index in [1.54, 1.807) is 0 Å². The highest BCUT2D eigenvalue weighted by Gasteiger charge is 2.46. The van der Waals surface area contributed by atoms with Crippen molar-refractivity contribution in [1.29, 1.82) is 0 Å². The number of hydrogen-bond acceptors (Lipinski definition) is 11. The first-order chi connectivity index (χ1) is 34.5. The van der Waals surface area contributed by atoms with Crippen molar-refractivity contribution in [3.63, 3.8) is 0 Å². The summed E-state index contributed by atoms with van der Waals surface area (Å²) in [7, 11) is -4.60. The average molecular weight is 1030 g/mol. The van der Waals surface area contributed by atoms with Crippen LogP contribution in [0.15, 0.2) is 12.2 Å². The summed E-state index contributed by atoms with van der Waals surface area (Å²) in [6.45, 7) is 3.82. The summed E-state index contributed by atoms with van der Waals surface area (Å²) in [6, 6.07) is 0. The predicted molar refractivity (Wildman–Crippen MR) is 289 cm³/mol. The van der Waals surface area contributed by atoms with Crippen molar-refractivity contribution >= 4 is 22.1 Å². The third-order valence-electron chi connectivity index (χ3n) is 14.1. The van der Waals surface area contributed by atoms with E-state index < -0.39 is 71.2 Å². The number of esters is 2. The fourth-order valence-electron chi connectivity index (χ4n) is 9.50. The molecular formula is C58H110O12S. The van der Waals surface area contributed by atoms with Crippen LogP contribution in [0.5, 0.6) is 0 Å². The number of ether oxygens (including phenoxy) is 4. The van der Waals surface area contributed by atoms with Crippen LogP contribution in [-0.4, -0.2) is 96.0 Å². The number of rotatable bonds is 52. The Labute approximate surface area is 435 Å². The first-order valence-corrected chi connectivity index (χ1v) is 31.4. The Kier molecular flexibility index (Phi) is 45.6. The van der Waals surface area contributed by atoms with E-state index in [4.69, 9.17) is 18.9 Å². The number of unbranched alkanes of at least 4 members (excludes halogenated alkanes) is 38. The molecule has 6 atom stereocenters. The largest absolute Gasteiger partial charge is 0.462 e. The summed E-state index contributed by atoms with van der Waals surface area (Å²) >= 11 is 0. The second-order valence-corrected chi connectivity index (χ2v) is 22.5. The molecule has 0 aromatic carbocycles. The Morgan fingerprint density at radius 1 is 0.465 bits per heavy atom. The standard InChI is InChI=1S/C58H110O12S/c1-3-5-7-9-11-13-15-17-19-21-23-24-25-26-27-29-30-32-34-36-38-40-42-44-46-53(59)67-48-51(49-68-58-57(63)56(62)55(61)52(70-58)50-71(64,65)66)69-54(60)47-45-43-41-39-37-35-33-31-28-22-20-18-16-14-12-10-8-6-4-2/h18,20,51-52,55-58,61-63H,3-17,19,21-50H2,1-2H3,(H,64,65,66)/b20-18-. The Balaban J connectivity index is 2.27. The monoisotopic (exact) mass is 1030 g/mol. The number of carbonyl (C=O) groups excluding carboxylic acids is 2. The molecule has 0 aromatic heterocycles. The van der Waals surface area contributed by atoms with Crippen molar-refractivity contribution in [3.05, 3.63) is 12.2 Å². The fraction of sp³-hybridized carbons (Fsp3) is 0.931. The summed E-state index contributed by atoms with van der Waals surface area (Å²) in [4.78, 5) is 25.6. The summed E-state index contributed by atoms with van der Waals surface area (Å²) < 4.78 is 54.4. The van der Waals surface area contributed by atoms with E-state index in [-0.39, 0.29) is 19.4 Å². The topological polar surface area (TPSA) is 186 Å². The lowest BCUT2D eigenvalue weighted by atomic mass is 10.00. The van der Waals surface area contributed by atoms with Crippen molar-refractivity contribution in [2.24, 2.45) is 0 Å². The van der Waals surface area contributed by atoms with Gasteiger partial charge in [0.05, 0.1) is 6.61 Å². The minimum atomic E-state index is -4.60. The molecule has 0 amide bonds. The van der Waals surface area contributed by atoms with Crippen molar-refractivity contribution in [1.82, 2.24) is 0 Å². The van der Waals surface area contributed by atoms with Gasteiger partial charge in [-0.25, -0.2) is 0 Å². The number of aliphatic hydroxyl groups is 3. The molecule has 6 unspecified atom stereocenters. The molecule has 1 rings (SSSR count). The molecule has 1 fully saturated rings. The summed E-state index contributed by atoms with van der Waals surface area (Å²) in [6.07, 6.45) is 46.9. The van der Waals surface area contributed by atoms with Gasteiger partial charge in [-0.2, -0.15) is 8.42 Å². The third kappa shape index (κ3) is 42.3. The molecule has 420 valence electrons. The second-order valence-electron chi connectivity index (χ2n) is 21.0. The molecule has 1 saturated heterocycles. The highest BCUT2D eigenvalue weighted by atomic mass is 32.2. The smallest absolute Gasteiger partial charge is 0.306 e. The lowest BCUT2D eigenvalue weighted by Crippen LogP contribution is -2.60. The van der Waals surface area contributed by atoms with Gasteiger partial charge in [0.15, 0.2) is 12.4 Å². The molecule has 12 nitrogen and oxygen atoms in total. The SMILES string of the molecule is CCCCCCCC/C=C\CCCCCCCCCCCC(=O)OC(COC(=O)CCCCCCCCCCCCCCCCCCCCCCCCCC)COC1OC(CS(=O)(=O)O)C(O)C(O)C1O. The maximum absolute atomic E-state index is 12.9. The Morgan fingerprint density at radius 3 is 1.17 bits per heavy atom. The minimum Gasteiger partial charge on any atom is -0.462 e. The molecule has 1 aliphatic rings. The first-order valence-electron chi connectivity index (χ1n) is 29.7. The quantitative estimate of drug-likeness (QED) is 0.0196. The number of aliphatic hydroxyl groups excluding tert-OH is 3. The number of allylic oxidation sites excluding steroid dienone is 2. The van der Waals surface area contributed by atoms with Crippen LogP contribution in [-0.2, 0) is 38.7 Å². The van der Waals surface area contributed by atoms with Gasteiger partial charge in [0.2, 0.25) is 0 Å². The summed E-state index contributed by atoms with van der Waals surface area (Å²) in [5, 5.41) is 31.1. The van der Waals surface area contributed by atoms with Crippen molar-refractivity contribution < 1.29 is 56.8 Å². The molecule has 0 aliphatic carbocycles. The molecule has 0 aromatic rings. The van der Waals surface area contributed by atoms with Crippen molar-refractivity contribution in [2.45, 2.75) is 327 Å². The van der Waals surface area contributed by atoms with Gasteiger partial charge in [0.25, 0.3) is 10.1 Å². The first kappa shape index (κ1) is 67.4. The zero-order valence-corrected chi connectivity index (χ0v) is 46.4. The molecule has 4 N–H and O–H groups in total. The van der Waals surface area contributed by atoms with Crippen molar-refractivity contribution in [3.8, 4) is 0 Å². The van der Waals surface area contributed by atoms with Crippen LogP contribution < -0.4 is 0 Å². The van der Waals surface area contributed by atoms with Gasteiger partial charge in [-0.15, -0.1) is 0 Å². The van der Waals surface area contributed by atoms with Crippen LogP contribution in [0.25, 0.3) is 0 Å².